The Morgan fingerprint density at radius 2 is 1.80 bits per heavy atom. The molecule has 3 heterocycles. The van der Waals surface area contributed by atoms with Gasteiger partial charge in [0, 0.05) is 17.3 Å². The van der Waals surface area contributed by atoms with E-state index in [0.717, 1.165) is 5.69 Å². The zero-order chi connectivity index (χ0) is 30.8. The molecule has 10 heteroatoms. The van der Waals surface area contributed by atoms with E-state index in [9.17, 15) is 14.0 Å². The topological polar surface area (TPSA) is 87.7 Å². The molecule has 0 saturated carbocycles. The predicted molar refractivity (Wildman–Crippen MR) is 167 cm³/mol. The second-order valence-corrected chi connectivity index (χ2v) is 11.0. The molecule has 0 aliphatic carbocycles. The largest absolute Gasteiger partial charge is 0.497 e. The zero-order valence-electron chi connectivity index (χ0n) is 23.9. The van der Waals surface area contributed by atoms with E-state index in [1.807, 2.05) is 48.7 Å². The van der Waals surface area contributed by atoms with Gasteiger partial charge in [-0.1, -0.05) is 54.3 Å². The van der Waals surface area contributed by atoms with Crippen LogP contribution in [0.2, 0.25) is 0 Å². The number of hydrogen-bond acceptors (Lipinski definition) is 7. The van der Waals surface area contributed by atoms with Gasteiger partial charge in [0.2, 0.25) is 0 Å². The van der Waals surface area contributed by atoms with E-state index in [2.05, 4.69) is 11.6 Å². The predicted octanol–water partition coefficient (Wildman–Crippen LogP) is 4.96. The highest BCUT2D eigenvalue weighted by molar-refractivity contribution is 7.07. The number of esters is 1. The van der Waals surface area contributed by atoms with Crippen LogP contribution in [0.1, 0.15) is 24.1 Å². The molecule has 3 aromatic carbocycles. The van der Waals surface area contributed by atoms with Crippen LogP contribution < -0.4 is 19.6 Å². The first kappa shape index (κ1) is 28.8. The maximum atomic E-state index is 14.2. The molecule has 0 unspecified atom stereocenters. The number of rotatable bonds is 8. The lowest BCUT2D eigenvalue weighted by Crippen LogP contribution is -2.39. The molecule has 0 amide bonds. The Morgan fingerprint density at radius 1 is 1.07 bits per heavy atom. The lowest BCUT2D eigenvalue weighted by Gasteiger charge is -2.24. The van der Waals surface area contributed by atoms with Gasteiger partial charge in [0.15, 0.2) is 4.80 Å². The summed E-state index contributed by atoms with van der Waals surface area (Å²) in [6.45, 7) is 5.38. The quantitative estimate of drug-likeness (QED) is 0.184. The number of nitrogens with zero attached hydrogens (tertiary/aromatic N) is 4. The number of allylic oxidation sites excluding steroid dienone is 1. The third kappa shape index (κ3) is 5.43. The standard InChI is InChI=1S/C34H27FN4O4S/c1-4-18-43-33(41)29-21(2)36-34-39(31(29)23-12-16-27(42-3)17-13-23)32(40)28(44-34)19-24-20-38(26-8-6-5-7-9-26)37-30(24)22-10-14-25(35)15-11-22/h4-17,19-20,31H,1,18H2,2-3H3/b28-19+/t31-/m1/s1. The molecule has 1 atom stereocenters. The summed E-state index contributed by atoms with van der Waals surface area (Å²) in [4.78, 5) is 32.6. The van der Waals surface area contributed by atoms with Crippen molar-refractivity contribution in [1.29, 1.82) is 0 Å². The minimum absolute atomic E-state index is 0.0208. The molecule has 44 heavy (non-hydrogen) atoms. The molecule has 0 spiro atoms. The summed E-state index contributed by atoms with van der Waals surface area (Å²) in [6.07, 6.45) is 5.07. The third-order valence-electron chi connectivity index (χ3n) is 7.17. The Morgan fingerprint density at radius 3 is 2.48 bits per heavy atom. The van der Waals surface area contributed by atoms with E-state index in [0.29, 0.717) is 43.2 Å². The summed E-state index contributed by atoms with van der Waals surface area (Å²) >= 11 is 1.21. The first-order valence-corrected chi connectivity index (χ1v) is 14.5. The zero-order valence-corrected chi connectivity index (χ0v) is 24.8. The van der Waals surface area contributed by atoms with E-state index in [1.165, 1.54) is 34.1 Å². The maximum absolute atomic E-state index is 14.2. The average molecular weight is 607 g/mol. The van der Waals surface area contributed by atoms with Crippen molar-refractivity contribution >= 4 is 23.4 Å². The van der Waals surface area contributed by atoms with Gasteiger partial charge in [0.1, 0.15) is 23.9 Å². The highest BCUT2D eigenvalue weighted by Crippen LogP contribution is 2.32. The molecule has 0 radical (unpaired) electrons. The molecule has 220 valence electrons. The SMILES string of the molecule is C=CCOC(=O)C1=C(C)N=c2s/c(=C/c3cn(-c4ccccc4)nc3-c3ccc(F)cc3)c(=O)n2[C@@H]1c1ccc(OC)cc1. The molecule has 0 saturated heterocycles. The molecular weight excluding hydrogens is 579 g/mol. The third-order valence-corrected chi connectivity index (χ3v) is 8.16. The Bertz CT molecular complexity index is 2080. The fourth-order valence-electron chi connectivity index (χ4n) is 5.08. The molecule has 0 bridgehead atoms. The van der Waals surface area contributed by atoms with Gasteiger partial charge in [-0.25, -0.2) is 18.9 Å². The van der Waals surface area contributed by atoms with Crippen LogP contribution in [0.4, 0.5) is 4.39 Å². The number of ether oxygens (including phenoxy) is 2. The molecule has 8 nitrogen and oxygen atoms in total. The minimum Gasteiger partial charge on any atom is -0.497 e. The number of fused-ring (bicyclic) bond motifs is 1. The summed E-state index contributed by atoms with van der Waals surface area (Å²) < 4.78 is 28.2. The lowest BCUT2D eigenvalue weighted by atomic mass is 9.96. The number of halogens is 1. The molecular formula is C34H27FN4O4S. The number of aromatic nitrogens is 3. The molecule has 0 N–H and O–H groups in total. The maximum Gasteiger partial charge on any atom is 0.338 e. The van der Waals surface area contributed by atoms with Gasteiger partial charge >= 0.3 is 5.97 Å². The van der Waals surface area contributed by atoms with Gasteiger partial charge in [0.05, 0.1) is 34.6 Å². The van der Waals surface area contributed by atoms with E-state index in [4.69, 9.17) is 14.6 Å². The van der Waals surface area contributed by atoms with Crippen molar-refractivity contribution in [2.24, 2.45) is 4.99 Å². The number of thiazole rings is 1. The first-order chi connectivity index (χ1) is 21.4. The first-order valence-electron chi connectivity index (χ1n) is 13.7. The van der Waals surface area contributed by atoms with Crippen LogP contribution in [0.3, 0.4) is 0 Å². The van der Waals surface area contributed by atoms with Crippen LogP contribution in [-0.2, 0) is 9.53 Å². The monoisotopic (exact) mass is 606 g/mol. The molecule has 5 aromatic rings. The number of benzene rings is 3. The van der Waals surface area contributed by atoms with Crippen molar-refractivity contribution in [2.45, 2.75) is 13.0 Å². The van der Waals surface area contributed by atoms with Crippen LogP contribution in [0.15, 0.2) is 119 Å². The Labute approximate surface area is 256 Å². The van der Waals surface area contributed by atoms with E-state index in [-0.39, 0.29) is 23.6 Å². The Kier molecular flexibility index (Phi) is 7.91. The number of carbonyl (C=O) groups is 1. The van der Waals surface area contributed by atoms with Crippen molar-refractivity contribution in [3.05, 3.63) is 146 Å². The second kappa shape index (κ2) is 12.1. The lowest BCUT2D eigenvalue weighted by molar-refractivity contribution is -0.138. The van der Waals surface area contributed by atoms with E-state index < -0.39 is 12.0 Å². The van der Waals surface area contributed by atoms with Crippen molar-refractivity contribution in [3.63, 3.8) is 0 Å². The van der Waals surface area contributed by atoms with E-state index in [1.54, 1.807) is 49.1 Å². The highest BCUT2D eigenvalue weighted by atomic mass is 32.1. The summed E-state index contributed by atoms with van der Waals surface area (Å²) in [5, 5.41) is 4.79. The van der Waals surface area contributed by atoms with Crippen molar-refractivity contribution < 1.29 is 18.7 Å². The van der Waals surface area contributed by atoms with Crippen LogP contribution in [-0.4, -0.2) is 34.0 Å². The molecule has 0 fully saturated rings. The molecule has 1 aliphatic rings. The van der Waals surface area contributed by atoms with Crippen molar-refractivity contribution in [3.8, 4) is 22.7 Å². The van der Waals surface area contributed by atoms with Crippen LogP contribution >= 0.6 is 11.3 Å². The van der Waals surface area contributed by atoms with Gasteiger partial charge < -0.3 is 9.47 Å². The van der Waals surface area contributed by atoms with Gasteiger partial charge in [-0.3, -0.25) is 9.36 Å². The fourth-order valence-corrected chi connectivity index (χ4v) is 6.11. The molecule has 2 aromatic heterocycles. The van der Waals surface area contributed by atoms with E-state index >= 15 is 0 Å². The smallest absolute Gasteiger partial charge is 0.338 e. The van der Waals surface area contributed by atoms with Crippen LogP contribution in [0.25, 0.3) is 23.0 Å². The fraction of sp³-hybridized carbons (Fsp3) is 0.118. The molecule has 6 rings (SSSR count). The molecule has 1 aliphatic heterocycles. The summed E-state index contributed by atoms with van der Waals surface area (Å²) in [7, 11) is 1.57. The Balaban J connectivity index is 1.54. The number of methoxy groups -OCH3 is 1. The number of hydrogen-bond donors (Lipinski definition) is 0. The van der Waals surface area contributed by atoms with Crippen LogP contribution in [0, 0.1) is 5.82 Å². The minimum atomic E-state index is -0.778. The van der Waals surface area contributed by atoms with Gasteiger partial charge in [0.25, 0.3) is 5.56 Å². The highest BCUT2D eigenvalue weighted by Gasteiger charge is 2.33. The summed E-state index contributed by atoms with van der Waals surface area (Å²) in [5.41, 5.74) is 3.85. The number of carbonyl (C=O) groups excluding carboxylic acids is 1. The normalized spacial score (nSPS) is 14.6. The van der Waals surface area contributed by atoms with Crippen molar-refractivity contribution in [2.75, 3.05) is 13.7 Å². The average Bonchev–Trinajstić information content (AvgIpc) is 3.60. The van der Waals surface area contributed by atoms with Crippen molar-refractivity contribution in [1.82, 2.24) is 14.3 Å². The summed E-state index contributed by atoms with van der Waals surface area (Å²) in [5.74, 6) is -0.298. The van der Waals surface area contributed by atoms with Gasteiger partial charge in [-0.2, -0.15) is 5.10 Å². The van der Waals surface area contributed by atoms with Crippen LogP contribution in [0.5, 0.6) is 5.75 Å². The summed E-state index contributed by atoms with van der Waals surface area (Å²) in [6, 6.07) is 22.0. The van der Waals surface area contributed by atoms with Gasteiger partial charge in [-0.15, -0.1) is 0 Å². The second-order valence-electron chi connectivity index (χ2n) is 9.96. The Hall–Kier alpha value is -5.35. The number of para-hydroxylation sites is 1. The van der Waals surface area contributed by atoms with Gasteiger partial charge in [-0.05, 0) is 67.1 Å².